The smallest absolute Gasteiger partial charge is 0.181 e. The molecule has 164 valence electrons. The average molecular weight is 434 g/mol. The lowest BCUT2D eigenvalue weighted by molar-refractivity contribution is -0.0370. The maximum absolute atomic E-state index is 10.6. The molecule has 1 aliphatic heterocycles. The number of anilines is 2. The Morgan fingerprint density at radius 1 is 1.09 bits per heavy atom. The number of nitrogens with one attached hydrogen (secondary N) is 1. The average Bonchev–Trinajstić information content (AvgIpc) is 3.33. The third-order valence-electron chi connectivity index (χ3n) is 5.49. The Morgan fingerprint density at radius 3 is 2.62 bits per heavy atom. The molecule has 1 aromatic carbocycles. The summed E-state index contributed by atoms with van der Waals surface area (Å²) >= 11 is 0. The van der Waals surface area contributed by atoms with Crippen LogP contribution in [0.3, 0.4) is 0 Å². The number of aliphatic hydroxyl groups excluding tert-OH is 2. The third kappa shape index (κ3) is 3.44. The van der Waals surface area contributed by atoms with Gasteiger partial charge in [0.2, 0.25) is 0 Å². The van der Waals surface area contributed by atoms with E-state index < -0.39 is 24.5 Å². The summed E-state index contributed by atoms with van der Waals surface area (Å²) in [6.45, 7) is 1.70. The summed E-state index contributed by atoms with van der Waals surface area (Å²) in [5.74, 6) is 1.21. The molecule has 0 spiro atoms. The minimum Gasteiger partial charge on any atom is -0.497 e. The van der Waals surface area contributed by atoms with Gasteiger partial charge in [0.25, 0.3) is 0 Å². The van der Waals surface area contributed by atoms with E-state index in [0.717, 1.165) is 11.3 Å². The number of nitrogens with zero attached hydrogens (tertiary/aromatic N) is 5. The Balaban J connectivity index is 1.71. The van der Waals surface area contributed by atoms with E-state index in [9.17, 15) is 10.2 Å². The van der Waals surface area contributed by atoms with Crippen LogP contribution in [0.2, 0.25) is 0 Å². The second-order valence-corrected chi connectivity index (χ2v) is 7.52. The molecule has 0 aliphatic carbocycles. The summed E-state index contributed by atoms with van der Waals surface area (Å²) in [7, 11) is 1.60. The molecule has 1 aliphatic rings. The van der Waals surface area contributed by atoms with E-state index in [-0.39, 0.29) is 0 Å². The first-order valence-corrected chi connectivity index (χ1v) is 10.1. The third-order valence-corrected chi connectivity index (χ3v) is 5.49. The Morgan fingerprint density at radius 2 is 1.91 bits per heavy atom. The highest BCUT2D eigenvalue weighted by Crippen LogP contribution is 2.38. The zero-order valence-electron chi connectivity index (χ0n) is 17.5. The molecule has 0 bridgehead atoms. The van der Waals surface area contributed by atoms with Gasteiger partial charge in [-0.2, -0.15) is 5.10 Å². The molecule has 1 saturated heterocycles. The zero-order valence-corrected chi connectivity index (χ0v) is 17.5. The number of hydrogen-bond acceptors (Lipinski definition) is 9. The molecule has 3 aromatic heterocycles. The first-order chi connectivity index (χ1) is 15.6. The summed E-state index contributed by atoms with van der Waals surface area (Å²) in [5, 5.41) is 29.5. The Labute approximate surface area is 183 Å². The van der Waals surface area contributed by atoms with Crippen molar-refractivity contribution < 1.29 is 19.7 Å². The van der Waals surface area contributed by atoms with E-state index in [4.69, 9.17) is 14.6 Å². The van der Waals surface area contributed by atoms with Gasteiger partial charge >= 0.3 is 0 Å². The van der Waals surface area contributed by atoms with Crippen LogP contribution in [0, 0.1) is 0 Å². The van der Waals surface area contributed by atoms with Gasteiger partial charge < -0.3 is 25.0 Å². The van der Waals surface area contributed by atoms with Gasteiger partial charge in [-0.05, 0) is 31.2 Å². The van der Waals surface area contributed by atoms with Crippen LogP contribution >= 0.6 is 0 Å². The lowest BCUT2D eigenvalue weighted by atomic mass is 10.1. The predicted molar refractivity (Wildman–Crippen MR) is 116 cm³/mol. The highest BCUT2D eigenvalue weighted by atomic mass is 16.6. The van der Waals surface area contributed by atoms with E-state index >= 15 is 0 Å². The Bertz CT molecular complexity index is 1250. The number of rotatable bonds is 5. The van der Waals surface area contributed by atoms with E-state index in [2.05, 4.69) is 20.3 Å². The molecular weight excluding hydrogens is 412 g/mol. The molecule has 10 nitrogen and oxygen atoms in total. The highest BCUT2D eigenvalue weighted by Gasteiger charge is 2.43. The molecule has 3 N–H and O–H groups in total. The number of pyridine rings is 1. The molecule has 0 saturated carbocycles. The van der Waals surface area contributed by atoms with Gasteiger partial charge in [0, 0.05) is 23.6 Å². The monoisotopic (exact) mass is 434 g/mol. The van der Waals surface area contributed by atoms with Gasteiger partial charge in [-0.25, -0.2) is 14.6 Å². The van der Waals surface area contributed by atoms with Crippen molar-refractivity contribution in [3.05, 3.63) is 55.1 Å². The number of methoxy groups -OCH3 is 1. The SMILES string of the molecule is COc1cccc(-c2nn([C@@H]3O[C@H](C)[C@@H](O)[C@H]3O)c3ncnc(Nc4ccncc4)c23)c1. The molecule has 10 heteroatoms. The van der Waals surface area contributed by atoms with Crippen LogP contribution in [0.5, 0.6) is 5.75 Å². The van der Waals surface area contributed by atoms with Crippen molar-refractivity contribution >= 4 is 22.5 Å². The van der Waals surface area contributed by atoms with E-state index in [1.54, 1.807) is 26.4 Å². The fourth-order valence-electron chi connectivity index (χ4n) is 3.82. The fourth-order valence-corrected chi connectivity index (χ4v) is 3.82. The molecule has 0 radical (unpaired) electrons. The van der Waals surface area contributed by atoms with Crippen LogP contribution in [-0.2, 0) is 4.74 Å². The molecule has 4 atom stereocenters. The lowest BCUT2D eigenvalue weighted by Crippen LogP contribution is -2.30. The van der Waals surface area contributed by atoms with Crippen molar-refractivity contribution in [2.24, 2.45) is 0 Å². The minimum atomic E-state index is -1.15. The van der Waals surface area contributed by atoms with Crippen LogP contribution in [0.15, 0.2) is 55.1 Å². The number of hydrogen-bond donors (Lipinski definition) is 3. The molecule has 32 heavy (non-hydrogen) atoms. The fraction of sp³-hybridized carbons (Fsp3) is 0.273. The molecule has 1 fully saturated rings. The van der Waals surface area contributed by atoms with Gasteiger partial charge in [-0.1, -0.05) is 12.1 Å². The summed E-state index contributed by atoms with van der Waals surface area (Å²) in [6, 6.07) is 11.1. The summed E-state index contributed by atoms with van der Waals surface area (Å²) in [6.07, 6.45) is 1.14. The van der Waals surface area contributed by atoms with Crippen LogP contribution in [0.1, 0.15) is 13.2 Å². The maximum Gasteiger partial charge on any atom is 0.181 e. The van der Waals surface area contributed by atoms with Crippen LogP contribution in [0.25, 0.3) is 22.3 Å². The Hall–Kier alpha value is -3.60. The molecule has 0 unspecified atom stereocenters. The largest absolute Gasteiger partial charge is 0.497 e. The quantitative estimate of drug-likeness (QED) is 0.433. The van der Waals surface area contributed by atoms with Gasteiger partial charge in [-0.15, -0.1) is 0 Å². The van der Waals surface area contributed by atoms with Crippen molar-refractivity contribution in [1.29, 1.82) is 0 Å². The van der Waals surface area contributed by atoms with Crippen molar-refractivity contribution in [3.8, 4) is 17.0 Å². The van der Waals surface area contributed by atoms with Gasteiger partial charge in [0.15, 0.2) is 11.9 Å². The van der Waals surface area contributed by atoms with E-state index in [0.29, 0.717) is 28.3 Å². The number of aliphatic hydroxyl groups is 2. The van der Waals surface area contributed by atoms with Crippen LogP contribution in [0.4, 0.5) is 11.5 Å². The number of fused-ring (bicyclic) bond motifs is 1. The van der Waals surface area contributed by atoms with Crippen molar-refractivity contribution in [2.45, 2.75) is 31.5 Å². The highest BCUT2D eigenvalue weighted by molar-refractivity contribution is 6.00. The second-order valence-electron chi connectivity index (χ2n) is 7.52. The number of benzene rings is 1. The normalized spacial score (nSPS) is 22.9. The minimum absolute atomic E-state index is 0.458. The topological polar surface area (TPSA) is 127 Å². The van der Waals surface area contributed by atoms with Gasteiger partial charge in [-0.3, -0.25) is 4.98 Å². The summed E-state index contributed by atoms with van der Waals surface area (Å²) < 4.78 is 12.7. The zero-order chi connectivity index (χ0) is 22.2. The van der Waals surface area contributed by atoms with E-state index in [1.165, 1.54) is 11.0 Å². The standard InChI is InChI=1S/C22H22N6O4/c1-12-18(29)19(30)22(32-12)28-21-16(17(27-28)13-4-3-5-15(10-13)31-2)20(24-11-25-21)26-14-6-8-23-9-7-14/h3-12,18-19,22,29-30H,1-2H3,(H,23,24,25,26)/t12-,18-,19-,22-/m1/s1. The molecular formula is C22H22N6O4. The molecule has 0 amide bonds. The summed E-state index contributed by atoms with van der Waals surface area (Å²) in [4.78, 5) is 12.9. The van der Waals surface area contributed by atoms with Crippen molar-refractivity contribution in [3.63, 3.8) is 0 Å². The number of ether oxygens (including phenoxy) is 2. The van der Waals surface area contributed by atoms with Crippen molar-refractivity contribution in [2.75, 3.05) is 12.4 Å². The predicted octanol–water partition coefficient (Wildman–Crippen LogP) is 2.28. The summed E-state index contributed by atoms with van der Waals surface area (Å²) in [5.41, 5.74) is 2.62. The lowest BCUT2D eigenvalue weighted by Gasteiger charge is -2.15. The van der Waals surface area contributed by atoms with Crippen molar-refractivity contribution in [1.82, 2.24) is 24.7 Å². The van der Waals surface area contributed by atoms with Gasteiger partial charge in [0.05, 0.1) is 18.6 Å². The van der Waals surface area contributed by atoms with Crippen LogP contribution in [-0.4, -0.2) is 60.4 Å². The molecule has 4 heterocycles. The van der Waals surface area contributed by atoms with Crippen LogP contribution < -0.4 is 10.1 Å². The Kier molecular flexibility index (Phi) is 5.17. The number of aromatic nitrogens is 5. The van der Waals surface area contributed by atoms with E-state index in [1.807, 2.05) is 36.4 Å². The molecule has 4 aromatic rings. The maximum atomic E-state index is 10.6. The molecule has 5 rings (SSSR count). The first kappa shape index (κ1) is 20.3. The first-order valence-electron chi connectivity index (χ1n) is 10.1. The van der Waals surface area contributed by atoms with Gasteiger partial charge in [0.1, 0.15) is 35.8 Å². The second kappa shape index (κ2) is 8.15.